The Morgan fingerprint density at radius 1 is 1.44 bits per heavy atom. The third kappa shape index (κ3) is 2.50. The van der Waals surface area contributed by atoms with Gasteiger partial charge in [0.2, 0.25) is 0 Å². The van der Waals surface area contributed by atoms with E-state index in [0.29, 0.717) is 22.8 Å². The van der Waals surface area contributed by atoms with Crippen LogP contribution in [0.15, 0.2) is 21.3 Å². The molecule has 2 aromatic rings. The molecule has 5 nitrogen and oxygen atoms in total. The van der Waals surface area contributed by atoms with Crippen molar-refractivity contribution in [2.45, 2.75) is 39.2 Å². The van der Waals surface area contributed by atoms with Gasteiger partial charge in [-0.2, -0.15) is 0 Å². The van der Waals surface area contributed by atoms with Gasteiger partial charge in [-0.25, -0.2) is 4.79 Å². The molecule has 0 aliphatic rings. The predicted octanol–water partition coefficient (Wildman–Crippen LogP) is 2.69. The molecule has 0 fully saturated rings. The molecular formula is C13H19N3O2. The van der Waals surface area contributed by atoms with Gasteiger partial charge in [-0.1, -0.05) is 20.3 Å². The molecular weight excluding hydrogens is 230 g/mol. The fraction of sp³-hybridized carbons (Fsp3) is 0.462. The molecule has 0 amide bonds. The predicted molar refractivity (Wildman–Crippen MR) is 73.9 cm³/mol. The third-order valence-electron chi connectivity index (χ3n) is 3.08. The van der Waals surface area contributed by atoms with Crippen molar-refractivity contribution >= 4 is 22.5 Å². The Hall–Kier alpha value is -1.91. The molecule has 0 bridgehead atoms. The molecule has 0 radical (unpaired) electrons. The molecule has 18 heavy (non-hydrogen) atoms. The van der Waals surface area contributed by atoms with Crippen molar-refractivity contribution in [2.75, 3.05) is 11.1 Å². The highest BCUT2D eigenvalue weighted by Gasteiger charge is 2.10. The lowest BCUT2D eigenvalue weighted by Crippen LogP contribution is -2.18. The van der Waals surface area contributed by atoms with E-state index in [-0.39, 0.29) is 0 Å². The lowest BCUT2D eigenvalue weighted by atomic mass is 10.1. The first-order chi connectivity index (χ1) is 8.63. The SMILES string of the molecule is CCCC(CC)Nc1cc2[nH]c(=O)oc2cc1N. The first kappa shape index (κ1) is 12.5. The van der Waals surface area contributed by atoms with E-state index >= 15 is 0 Å². The topological polar surface area (TPSA) is 84.0 Å². The van der Waals surface area contributed by atoms with Gasteiger partial charge in [-0.15, -0.1) is 0 Å². The number of nitrogens with two attached hydrogens (primary N) is 1. The van der Waals surface area contributed by atoms with Gasteiger partial charge in [0.1, 0.15) is 0 Å². The minimum atomic E-state index is -0.456. The van der Waals surface area contributed by atoms with Crippen LogP contribution in [0.3, 0.4) is 0 Å². The van der Waals surface area contributed by atoms with Gasteiger partial charge in [0, 0.05) is 12.1 Å². The van der Waals surface area contributed by atoms with E-state index in [1.165, 1.54) is 0 Å². The van der Waals surface area contributed by atoms with E-state index < -0.39 is 5.76 Å². The molecule has 4 N–H and O–H groups in total. The molecule has 0 saturated heterocycles. The number of rotatable bonds is 5. The summed E-state index contributed by atoms with van der Waals surface area (Å²) in [5.74, 6) is -0.456. The Bertz CT molecular complexity index is 585. The number of aromatic nitrogens is 1. The maximum absolute atomic E-state index is 11.1. The summed E-state index contributed by atoms with van der Waals surface area (Å²) >= 11 is 0. The van der Waals surface area contributed by atoms with Crippen LogP contribution in [-0.2, 0) is 0 Å². The molecule has 5 heteroatoms. The van der Waals surface area contributed by atoms with Gasteiger partial charge in [-0.3, -0.25) is 4.98 Å². The van der Waals surface area contributed by atoms with Gasteiger partial charge in [-0.05, 0) is 18.9 Å². The van der Waals surface area contributed by atoms with Crippen molar-refractivity contribution in [1.82, 2.24) is 4.98 Å². The fourth-order valence-electron chi connectivity index (χ4n) is 2.08. The van der Waals surface area contributed by atoms with Crippen LogP contribution in [0, 0.1) is 0 Å². The maximum Gasteiger partial charge on any atom is 0.417 e. The number of oxazole rings is 1. The average molecular weight is 249 g/mol. The number of benzene rings is 1. The molecule has 0 aliphatic heterocycles. The Morgan fingerprint density at radius 3 is 2.89 bits per heavy atom. The number of anilines is 2. The summed E-state index contributed by atoms with van der Waals surface area (Å²) in [7, 11) is 0. The van der Waals surface area contributed by atoms with Gasteiger partial charge in [0.05, 0.1) is 16.9 Å². The lowest BCUT2D eigenvalue weighted by molar-refractivity contribution is 0.555. The summed E-state index contributed by atoms with van der Waals surface area (Å²) in [6.07, 6.45) is 3.25. The molecule has 1 unspecified atom stereocenters. The Balaban J connectivity index is 2.31. The molecule has 98 valence electrons. The number of nitrogens with one attached hydrogen (secondary N) is 2. The maximum atomic E-state index is 11.1. The third-order valence-corrected chi connectivity index (χ3v) is 3.08. The van der Waals surface area contributed by atoms with Crippen LogP contribution >= 0.6 is 0 Å². The number of hydrogen-bond donors (Lipinski definition) is 3. The highest BCUT2D eigenvalue weighted by molar-refractivity contribution is 5.85. The second-order valence-corrected chi connectivity index (χ2v) is 4.49. The first-order valence-corrected chi connectivity index (χ1v) is 6.33. The minimum Gasteiger partial charge on any atom is -0.408 e. The van der Waals surface area contributed by atoms with Crippen LogP contribution in [-0.4, -0.2) is 11.0 Å². The minimum absolute atomic E-state index is 0.397. The normalized spacial score (nSPS) is 12.8. The van der Waals surface area contributed by atoms with Crippen molar-refractivity contribution < 1.29 is 4.42 Å². The van der Waals surface area contributed by atoms with E-state index in [1.807, 2.05) is 6.07 Å². The smallest absolute Gasteiger partial charge is 0.408 e. The molecule has 0 saturated carbocycles. The number of nitrogen functional groups attached to an aromatic ring is 1. The number of hydrogen-bond acceptors (Lipinski definition) is 4. The fourth-order valence-corrected chi connectivity index (χ4v) is 2.08. The largest absolute Gasteiger partial charge is 0.417 e. The van der Waals surface area contributed by atoms with E-state index in [9.17, 15) is 4.79 Å². The van der Waals surface area contributed by atoms with Crippen molar-refractivity contribution in [3.63, 3.8) is 0 Å². The zero-order valence-electron chi connectivity index (χ0n) is 10.7. The lowest BCUT2D eigenvalue weighted by Gasteiger charge is -2.18. The van der Waals surface area contributed by atoms with Crippen LogP contribution in [0.2, 0.25) is 0 Å². The van der Waals surface area contributed by atoms with Crippen molar-refractivity contribution in [3.05, 3.63) is 22.7 Å². The van der Waals surface area contributed by atoms with Crippen LogP contribution < -0.4 is 16.8 Å². The van der Waals surface area contributed by atoms with Gasteiger partial charge in [0.25, 0.3) is 0 Å². The zero-order chi connectivity index (χ0) is 13.1. The van der Waals surface area contributed by atoms with E-state index in [0.717, 1.165) is 24.9 Å². The summed E-state index contributed by atoms with van der Waals surface area (Å²) in [6.45, 7) is 4.30. The van der Waals surface area contributed by atoms with Crippen LogP contribution in [0.1, 0.15) is 33.1 Å². The van der Waals surface area contributed by atoms with Gasteiger partial charge >= 0.3 is 5.76 Å². The van der Waals surface area contributed by atoms with Crippen LogP contribution in [0.4, 0.5) is 11.4 Å². The highest BCUT2D eigenvalue weighted by Crippen LogP contribution is 2.26. The molecule has 2 rings (SSSR count). The first-order valence-electron chi connectivity index (χ1n) is 6.33. The summed E-state index contributed by atoms with van der Waals surface area (Å²) in [5, 5.41) is 3.41. The number of fused-ring (bicyclic) bond motifs is 1. The standard InChI is InChI=1S/C13H19N3O2/c1-3-5-8(4-2)15-10-7-11-12(6-9(10)14)18-13(17)16-11/h6-8,15H,3-5,14H2,1-2H3,(H,16,17). The quantitative estimate of drug-likeness (QED) is 0.711. The van der Waals surface area contributed by atoms with E-state index in [4.69, 9.17) is 10.2 Å². The van der Waals surface area contributed by atoms with Crippen molar-refractivity contribution in [1.29, 1.82) is 0 Å². The van der Waals surface area contributed by atoms with Gasteiger partial charge in [0.15, 0.2) is 5.58 Å². The van der Waals surface area contributed by atoms with E-state index in [1.54, 1.807) is 6.07 Å². The zero-order valence-corrected chi connectivity index (χ0v) is 10.7. The second kappa shape index (κ2) is 5.16. The molecule has 0 aliphatic carbocycles. The summed E-state index contributed by atoms with van der Waals surface area (Å²) < 4.78 is 4.96. The number of aromatic amines is 1. The molecule has 1 aromatic carbocycles. The Morgan fingerprint density at radius 2 is 2.22 bits per heavy atom. The van der Waals surface area contributed by atoms with Crippen molar-refractivity contribution in [2.24, 2.45) is 0 Å². The molecule has 1 aromatic heterocycles. The number of H-pyrrole nitrogens is 1. The van der Waals surface area contributed by atoms with Crippen LogP contribution in [0.5, 0.6) is 0 Å². The second-order valence-electron chi connectivity index (χ2n) is 4.49. The molecule has 1 atom stereocenters. The summed E-state index contributed by atoms with van der Waals surface area (Å²) in [5.41, 5.74) is 8.56. The Kier molecular flexibility index (Phi) is 3.60. The Labute approximate surface area is 105 Å². The van der Waals surface area contributed by atoms with Crippen LogP contribution in [0.25, 0.3) is 11.1 Å². The highest BCUT2D eigenvalue weighted by atomic mass is 16.4. The van der Waals surface area contributed by atoms with Crippen molar-refractivity contribution in [3.8, 4) is 0 Å². The molecule has 0 spiro atoms. The molecule has 1 heterocycles. The summed E-state index contributed by atoms with van der Waals surface area (Å²) in [4.78, 5) is 13.7. The monoisotopic (exact) mass is 249 g/mol. The van der Waals surface area contributed by atoms with Gasteiger partial charge < -0.3 is 15.5 Å². The summed E-state index contributed by atoms with van der Waals surface area (Å²) in [6, 6.07) is 3.90. The van der Waals surface area contributed by atoms with E-state index in [2.05, 4.69) is 24.1 Å². The average Bonchev–Trinajstić information content (AvgIpc) is 2.68.